The topological polar surface area (TPSA) is 46.2 Å². The van der Waals surface area contributed by atoms with Crippen molar-refractivity contribution in [3.63, 3.8) is 0 Å². The highest BCUT2D eigenvalue weighted by molar-refractivity contribution is 7.92. The summed E-state index contributed by atoms with van der Waals surface area (Å²) in [6.07, 6.45) is 0.460. The number of benzene rings is 1. The Labute approximate surface area is 102 Å². The molecule has 0 bridgehead atoms. The van der Waals surface area contributed by atoms with E-state index in [1.54, 1.807) is 6.07 Å². The van der Waals surface area contributed by atoms with Crippen LogP contribution in [0.25, 0.3) is 0 Å². The van der Waals surface area contributed by atoms with E-state index in [9.17, 15) is 8.42 Å². The molecule has 1 N–H and O–H groups in total. The average molecular weight is 262 g/mol. The van der Waals surface area contributed by atoms with Gasteiger partial charge in [0, 0.05) is 11.6 Å². The fourth-order valence-corrected chi connectivity index (χ4v) is 2.68. The Balaban J connectivity index is 2.76. The summed E-state index contributed by atoms with van der Waals surface area (Å²) in [7, 11) is -3.26. The normalized spacial score (nSPS) is 11.4. The Morgan fingerprint density at radius 3 is 2.50 bits per heavy atom. The van der Waals surface area contributed by atoms with Crippen LogP contribution in [-0.2, 0) is 10.0 Å². The number of hydrogen-bond donors (Lipinski definition) is 1. The second-order valence-corrected chi connectivity index (χ2v) is 5.98. The van der Waals surface area contributed by atoms with Crippen LogP contribution in [0.4, 0.5) is 5.69 Å². The highest BCUT2D eigenvalue weighted by Gasteiger charge is 2.09. The lowest BCUT2D eigenvalue weighted by Crippen LogP contribution is -2.17. The molecule has 1 aromatic carbocycles. The van der Waals surface area contributed by atoms with E-state index in [2.05, 4.69) is 4.72 Å². The minimum absolute atomic E-state index is 0.0590. The molecule has 1 aromatic rings. The molecule has 5 heteroatoms. The molecule has 0 aromatic heterocycles. The van der Waals surface area contributed by atoms with Crippen LogP contribution in [0.2, 0.25) is 0 Å². The third-order valence-electron chi connectivity index (χ3n) is 2.33. The number of hydrogen-bond acceptors (Lipinski definition) is 2. The van der Waals surface area contributed by atoms with Crippen LogP contribution in [-0.4, -0.2) is 20.1 Å². The molecule has 0 saturated heterocycles. The molecule has 0 atom stereocenters. The van der Waals surface area contributed by atoms with Crippen molar-refractivity contribution in [1.29, 1.82) is 0 Å². The van der Waals surface area contributed by atoms with Crippen LogP contribution in [0, 0.1) is 13.8 Å². The van der Waals surface area contributed by atoms with Crippen molar-refractivity contribution >= 4 is 27.3 Å². The maximum absolute atomic E-state index is 11.6. The summed E-state index contributed by atoms with van der Waals surface area (Å²) in [5.74, 6) is 0.414. The van der Waals surface area contributed by atoms with E-state index in [1.165, 1.54) is 0 Å². The molecule has 3 nitrogen and oxygen atoms in total. The zero-order valence-electron chi connectivity index (χ0n) is 9.46. The third kappa shape index (κ3) is 4.02. The van der Waals surface area contributed by atoms with Crippen LogP contribution >= 0.6 is 11.6 Å². The third-order valence-corrected chi connectivity index (χ3v) is 3.97. The molecule has 0 saturated carbocycles. The first kappa shape index (κ1) is 13.3. The van der Waals surface area contributed by atoms with Gasteiger partial charge in [-0.3, -0.25) is 4.72 Å². The maximum Gasteiger partial charge on any atom is 0.232 e. The summed E-state index contributed by atoms with van der Waals surface area (Å²) in [5.41, 5.74) is 2.82. The van der Waals surface area contributed by atoms with Gasteiger partial charge in [-0.1, -0.05) is 6.07 Å². The standard InChI is InChI=1S/C11H16ClNO2S/c1-9-4-5-11(8-10(9)2)13-16(14,15)7-3-6-12/h4-5,8,13H,3,6-7H2,1-2H3. The predicted molar refractivity (Wildman–Crippen MR) is 68.7 cm³/mol. The van der Waals surface area contributed by atoms with Gasteiger partial charge in [0.05, 0.1) is 5.75 Å². The van der Waals surface area contributed by atoms with Crippen LogP contribution in [0.15, 0.2) is 18.2 Å². The van der Waals surface area contributed by atoms with E-state index in [4.69, 9.17) is 11.6 Å². The number of aryl methyl sites for hydroxylation is 2. The summed E-state index contributed by atoms with van der Waals surface area (Å²) in [6, 6.07) is 5.49. The van der Waals surface area contributed by atoms with Gasteiger partial charge in [0.15, 0.2) is 0 Å². The fraction of sp³-hybridized carbons (Fsp3) is 0.455. The Morgan fingerprint density at radius 2 is 1.94 bits per heavy atom. The van der Waals surface area contributed by atoms with Crippen molar-refractivity contribution in [2.75, 3.05) is 16.4 Å². The number of nitrogens with one attached hydrogen (secondary N) is 1. The monoisotopic (exact) mass is 261 g/mol. The summed E-state index contributed by atoms with van der Waals surface area (Å²) in [6.45, 7) is 3.94. The first-order valence-electron chi connectivity index (χ1n) is 5.08. The SMILES string of the molecule is Cc1ccc(NS(=O)(=O)CCCCl)cc1C. The molecule has 90 valence electrons. The summed E-state index contributed by atoms with van der Waals surface area (Å²) < 4.78 is 25.7. The number of sulfonamides is 1. The molecular weight excluding hydrogens is 246 g/mol. The van der Waals surface area contributed by atoms with Crippen molar-refractivity contribution in [2.45, 2.75) is 20.3 Å². The van der Waals surface area contributed by atoms with Gasteiger partial charge in [-0.15, -0.1) is 11.6 Å². The molecule has 0 fully saturated rings. The zero-order valence-corrected chi connectivity index (χ0v) is 11.0. The summed E-state index contributed by atoms with van der Waals surface area (Å²) in [4.78, 5) is 0. The highest BCUT2D eigenvalue weighted by atomic mass is 35.5. The smallest absolute Gasteiger partial charge is 0.232 e. The van der Waals surface area contributed by atoms with Crippen molar-refractivity contribution in [2.24, 2.45) is 0 Å². The van der Waals surface area contributed by atoms with Gasteiger partial charge in [0.1, 0.15) is 0 Å². The molecule has 0 amide bonds. The number of anilines is 1. The van der Waals surface area contributed by atoms with Gasteiger partial charge in [-0.2, -0.15) is 0 Å². The van der Waals surface area contributed by atoms with E-state index in [0.717, 1.165) is 11.1 Å². The lowest BCUT2D eigenvalue weighted by atomic mass is 10.1. The molecule has 16 heavy (non-hydrogen) atoms. The molecule has 0 aliphatic rings. The van der Waals surface area contributed by atoms with E-state index >= 15 is 0 Å². The van der Waals surface area contributed by atoms with E-state index < -0.39 is 10.0 Å². The number of halogens is 1. The highest BCUT2D eigenvalue weighted by Crippen LogP contribution is 2.15. The van der Waals surface area contributed by atoms with Crippen LogP contribution in [0.1, 0.15) is 17.5 Å². The first-order valence-corrected chi connectivity index (χ1v) is 7.27. The van der Waals surface area contributed by atoms with E-state index in [1.807, 2.05) is 26.0 Å². The fourth-order valence-electron chi connectivity index (χ4n) is 1.28. The molecule has 0 aliphatic heterocycles. The van der Waals surface area contributed by atoms with Gasteiger partial charge in [-0.25, -0.2) is 8.42 Å². The van der Waals surface area contributed by atoms with E-state index in [0.29, 0.717) is 18.0 Å². The molecule has 1 rings (SSSR count). The largest absolute Gasteiger partial charge is 0.284 e. The Kier molecular flexibility index (Phi) is 4.62. The Bertz CT molecular complexity index is 457. The van der Waals surface area contributed by atoms with E-state index in [-0.39, 0.29) is 5.75 Å². The van der Waals surface area contributed by atoms with Gasteiger partial charge in [0.25, 0.3) is 0 Å². The van der Waals surface area contributed by atoms with Gasteiger partial charge >= 0.3 is 0 Å². The molecule has 0 spiro atoms. The molecular formula is C11H16ClNO2S. The van der Waals surface area contributed by atoms with Crippen LogP contribution < -0.4 is 4.72 Å². The van der Waals surface area contributed by atoms with Crippen LogP contribution in [0.3, 0.4) is 0 Å². The van der Waals surface area contributed by atoms with Gasteiger partial charge < -0.3 is 0 Å². The summed E-state index contributed by atoms with van der Waals surface area (Å²) >= 11 is 5.46. The van der Waals surface area contributed by atoms with Gasteiger partial charge in [-0.05, 0) is 43.5 Å². The quantitative estimate of drug-likeness (QED) is 0.829. The van der Waals surface area contributed by atoms with Crippen molar-refractivity contribution < 1.29 is 8.42 Å². The lowest BCUT2D eigenvalue weighted by molar-refractivity contribution is 0.600. The van der Waals surface area contributed by atoms with Crippen LogP contribution in [0.5, 0.6) is 0 Å². The van der Waals surface area contributed by atoms with Crippen molar-refractivity contribution in [3.05, 3.63) is 29.3 Å². The summed E-state index contributed by atoms with van der Waals surface area (Å²) in [5, 5.41) is 0. The minimum atomic E-state index is -3.26. The Hall–Kier alpha value is -0.740. The number of alkyl halides is 1. The lowest BCUT2D eigenvalue weighted by Gasteiger charge is -2.09. The van der Waals surface area contributed by atoms with Gasteiger partial charge in [0.2, 0.25) is 10.0 Å². The maximum atomic E-state index is 11.6. The minimum Gasteiger partial charge on any atom is -0.284 e. The molecule has 0 unspecified atom stereocenters. The first-order chi connectivity index (χ1) is 7.44. The Morgan fingerprint density at radius 1 is 1.25 bits per heavy atom. The zero-order chi connectivity index (χ0) is 12.2. The van der Waals surface area contributed by atoms with Crippen molar-refractivity contribution in [3.8, 4) is 0 Å². The number of rotatable bonds is 5. The second kappa shape index (κ2) is 5.55. The molecule has 0 heterocycles. The second-order valence-electron chi connectivity index (χ2n) is 3.76. The van der Waals surface area contributed by atoms with Crippen molar-refractivity contribution in [1.82, 2.24) is 0 Å². The predicted octanol–water partition coefficient (Wildman–Crippen LogP) is 2.67. The average Bonchev–Trinajstić information content (AvgIpc) is 2.20. The molecule has 0 aliphatic carbocycles. The molecule has 0 radical (unpaired) electrons.